The molecule has 5 heteroatoms. The topological polar surface area (TPSA) is 72.2 Å². The van der Waals surface area contributed by atoms with E-state index in [0.717, 1.165) is 5.56 Å². The van der Waals surface area contributed by atoms with E-state index in [2.05, 4.69) is 18.9 Å². The van der Waals surface area contributed by atoms with Crippen LogP contribution in [-0.4, -0.2) is 20.9 Å². The first-order chi connectivity index (χ1) is 9.97. The second kappa shape index (κ2) is 6.35. The van der Waals surface area contributed by atoms with Crippen molar-refractivity contribution in [2.45, 2.75) is 32.7 Å². The van der Waals surface area contributed by atoms with Crippen LogP contribution < -0.4 is 5.56 Å². The number of aliphatic carboxylic acids is 1. The average molecular weight is 286 g/mol. The lowest BCUT2D eigenvalue weighted by atomic mass is 10.0. The molecule has 2 rings (SSSR count). The molecule has 5 nitrogen and oxygen atoms in total. The Hall–Kier alpha value is -2.43. The standard InChI is InChI=1S/C16H18N2O3/c1-11(2)12-3-5-13(6-4-12)14-7-8-15(19)18(17-14)10-9-16(20)21/h3-8,11H,9-10H2,1-2H3,(H,20,21). The molecule has 0 saturated carbocycles. The van der Waals surface area contributed by atoms with Crippen molar-refractivity contribution >= 4 is 5.97 Å². The number of benzene rings is 1. The van der Waals surface area contributed by atoms with Crippen molar-refractivity contribution in [2.75, 3.05) is 0 Å². The van der Waals surface area contributed by atoms with E-state index in [1.807, 2.05) is 24.3 Å². The number of aryl methyl sites for hydroxylation is 1. The van der Waals surface area contributed by atoms with Gasteiger partial charge in [-0.1, -0.05) is 38.1 Å². The summed E-state index contributed by atoms with van der Waals surface area (Å²) in [5, 5.41) is 12.9. The Bertz CT molecular complexity index is 687. The number of carboxylic acids is 1. The molecule has 1 aromatic carbocycles. The van der Waals surface area contributed by atoms with Crippen molar-refractivity contribution in [1.82, 2.24) is 9.78 Å². The van der Waals surface area contributed by atoms with Crippen LogP contribution >= 0.6 is 0 Å². The summed E-state index contributed by atoms with van der Waals surface area (Å²) in [6, 6.07) is 11.1. The molecule has 1 aromatic heterocycles. The summed E-state index contributed by atoms with van der Waals surface area (Å²) in [5.41, 5.74) is 2.51. The van der Waals surface area contributed by atoms with Gasteiger partial charge in [0, 0.05) is 11.6 Å². The van der Waals surface area contributed by atoms with E-state index < -0.39 is 5.97 Å². The predicted molar refractivity (Wildman–Crippen MR) is 80.3 cm³/mol. The maximum absolute atomic E-state index is 11.7. The number of nitrogens with zero attached hydrogens (tertiary/aromatic N) is 2. The summed E-state index contributed by atoms with van der Waals surface area (Å²) in [7, 11) is 0. The molecular weight excluding hydrogens is 268 g/mol. The molecule has 0 fully saturated rings. The third-order valence-electron chi connectivity index (χ3n) is 3.28. The van der Waals surface area contributed by atoms with Gasteiger partial charge in [-0.2, -0.15) is 5.10 Å². The quantitative estimate of drug-likeness (QED) is 0.916. The fourth-order valence-electron chi connectivity index (χ4n) is 2.00. The molecule has 0 atom stereocenters. The van der Waals surface area contributed by atoms with E-state index in [-0.39, 0.29) is 18.5 Å². The van der Waals surface area contributed by atoms with Gasteiger partial charge in [0.05, 0.1) is 18.7 Å². The summed E-state index contributed by atoms with van der Waals surface area (Å²) in [5.74, 6) is -0.494. The van der Waals surface area contributed by atoms with Gasteiger partial charge >= 0.3 is 5.97 Å². The molecule has 0 amide bonds. The second-order valence-electron chi connectivity index (χ2n) is 5.20. The predicted octanol–water partition coefficient (Wildman–Crippen LogP) is 2.51. The minimum Gasteiger partial charge on any atom is -0.481 e. The summed E-state index contributed by atoms with van der Waals surface area (Å²) in [6.45, 7) is 4.32. The van der Waals surface area contributed by atoms with Gasteiger partial charge < -0.3 is 5.11 Å². The molecule has 0 radical (unpaired) electrons. The van der Waals surface area contributed by atoms with Crippen LogP contribution in [0.1, 0.15) is 31.7 Å². The van der Waals surface area contributed by atoms with Crippen LogP contribution in [0.5, 0.6) is 0 Å². The Morgan fingerprint density at radius 2 is 1.86 bits per heavy atom. The molecular formula is C16H18N2O3. The average Bonchev–Trinajstić information content (AvgIpc) is 2.46. The van der Waals surface area contributed by atoms with Gasteiger partial charge in [-0.15, -0.1) is 0 Å². The van der Waals surface area contributed by atoms with Crippen molar-refractivity contribution in [3.8, 4) is 11.3 Å². The second-order valence-corrected chi connectivity index (χ2v) is 5.20. The fraction of sp³-hybridized carbons (Fsp3) is 0.312. The van der Waals surface area contributed by atoms with E-state index in [1.165, 1.54) is 16.3 Å². The summed E-state index contributed by atoms with van der Waals surface area (Å²) in [6.07, 6.45) is -0.122. The molecule has 0 unspecified atom stereocenters. The zero-order valence-corrected chi connectivity index (χ0v) is 12.1. The lowest BCUT2D eigenvalue weighted by molar-refractivity contribution is -0.137. The summed E-state index contributed by atoms with van der Waals surface area (Å²) >= 11 is 0. The first kappa shape index (κ1) is 15.0. The molecule has 0 aliphatic heterocycles. The van der Waals surface area contributed by atoms with Gasteiger partial charge in [0.2, 0.25) is 0 Å². The third kappa shape index (κ3) is 3.78. The zero-order chi connectivity index (χ0) is 15.4. The van der Waals surface area contributed by atoms with Gasteiger partial charge in [0.25, 0.3) is 5.56 Å². The number of carbonyl (C=O) groups is 1. The van der Waals surface area contributed by atoms with Crippen molar-refractivity contribution in [2.24, 2.45) is 0 Å². The largest absolute Gasteiger partial charge is 0.481 e. The zero-order valence-electron chi connectivity index (χ0n) is 12.1. The Morgan fingerprint density at radius 3 is 2.43 bits per heavy atom. The minimum atomic E-state index is -0.949. The van der Waals surface area contributed by atoms with Crippen LogP contribution in [0, 0.1) is 0 Å². The molecule has 0 spiro atoms. The molecule has 1 heterocycles. The Labute approximate surface area is 122 Å². The van der Waals surface area contributed by atoms with E-state index in [1.54, 1.807) is 6.07 Å². The molecule has 110 valence electrons. The van der Waals surface area contributed by atoms with E-state index in [9.17, 15) is 9.59 Å². The van der Waals surface area contributed by atoms with E-state index in [0.29, 0.717) is 11.6 Å². The first-order valence-corrected chi connectivity index (χ1v) is 6.87. The molecule has 1 N–H and O–H groups in total. The lowest BCUT2D eigenvalue weighted by Gasteiger charge is -2.08. The first-order valence-electron chi connectivity index (χ1n) is 6.87. The Kier molecular flexibility index (Phi) is 4.52. The maximum atomic E-state index is 11.7. The smallest absolute Gasteiger partial charge is 0.305 e. The van der Waals surface area contributed by atoms with Crippen LogP contribution in [0.4, 0.5) is 0 Å². The number of hydrogen-bond donors (Lipinski definition) is 1. The Morgan fingerprint density at radius 1 is 1.19 bits per heavy atom. The highest BCUT2D eigenvalue weighted by Crippen LogP contribution is 2.20. The normalized spacial score (nSPS) is 10.8. The van der Waals surface area contributed by atoms with Gasteiger partial charge in [-0.05, 0) is 17.5 Å². The lowest BCUT2D eigenvalue weighted by Crippen LogP contribution is -2.23. The van der Waals surface area contributed by atoms with Crippen molar-refractivity contribution in [1.29, 1.82) is 0 Å². The van der Waals surface area contributed by atoms with E-state index in [4.69, 9.17) is 5.11 Å². The van der Waals surface area contributed by atoms with Gasteiger partial charge in [0.1, 0.15) is 0 Å². The van der Waals surface area contributed by atoms with Gasteiger partial charge in [-0.3, -0.25) is 9.59 Å². The monoisotopic (exact) mass is 286 g/mol. The summed E-state index contributed by atoms with van der Waals surface area (Å²) < 4.78 is 1.19. The highest BCUT2D eigenvalue weighted by Gasteiger charge is 2.06. The van der Waals surface area contributed by atoms with Crippen molar-refractivity contribution in [3.63, 3.8) is 0 Å². The van der Waals surface area contributed by atoms with Crippen molar-refractivity contribution in [3.05, 3.63) is 52.3 Å². The van der Waals surface area contributed by atoms with Crippen LogP contribution in [0.3, 0.4) is 0 Å². The van der Waals surface area contributed by atoms with Crippen molar-refractivity contribution < 1.29 is 9.90 Å². The van der Waals surface area contributed by atoms with E-state index >= 15 is 0 Å². The number of carboxylic acid groups (broad SMARTS) is 1. The number of aromatic nitrogens is 2. The molecule has 21 heavy (non-hydrogen) atoms. The van der Waals surface area contributed by atoms with Gasteiger partial charge in [-0.25, -0.2) is 4.68 Å². The fourth-order valence-corrected chi connectivity index (χ4v) is 2.00. The highest BCUT2D eigenvalue weighted by molar-refractivity contribution is 5.66. The third-order valence-corrected chi connectivity index (χ3v) is 3.28. The van der Waals surface area contributed by atoms with Gasteiger partial charge in [0.15, 0.2) is 0 Å². The van der Waals surface area contributed by atoms with Crippen LogP contribution in [0.25, 0.3) is 11.3 Å². The highest BCUT2D eigenvalue weighted by atomic mass is 16.4. The minimum absolute atomic E-state index is 0.0755. The molecule has 0 aliphatic carbocycles. The number of hydrogen-bond acceptors (Lipinski definition) is 3. The summed E-state index contributed by atoms with van der Waals surface area (Å²) in [4.78, 5) is 22.3. The number of rotatable bonds is 5. The SMILES string of the molecule is CC(C)c1ccc(-c2ccc(=O)n(CCC(=O)O)n2)cc1. The molecule has 0 bridgehead atoms. The van der Waals surface area contributed by atoms with Crippen LogP contribution in [0.2, 0.25) is 0 Å². The van der Waals surface area contributed by atoms with Crippen LogP contribution in [0.15, 0.2) is 41.2 Å². The molecule has 2 aromatic rings. The molecule has 0 aliphatic rings. The Balaban J connectivity index is 2.29. The maximum Gasteiger partial charge on any atom is 0.305 e. The molecule has 0 saturated heterocycles. The van der Waals surface area contributed by atoms with Crippen LogP contribution in [-0.2, 0) is 11.3 Å².